The molecule has 0 fully saturated rings. The Morgan fingerprint density at radius 3 is 2.69 bits per heavy atom. The number of carbonyl (C=O) groups is 1. The van der Waals surface area contributed by atoms with Crippen LogP contribution < -0.4 is 10.1 Å². The van der Waals surface area contributed by atoms with Crippen molar-refractivity contribution in [3.05, 3.63) is 78.4 Å². The summed E-state index contributed by atoms with van der Waals surface area (Å²) in [5.41, 5.74) is 8.60. The van der Waals surface area contributed by atoms with Gasteiger partial charge in [-0.3, -0.25) is 14.9 Å². The predicted octanol–water partition coefficient (Wildman–Crippen LogP) is 7.21. The molecule has 4 aromatic heterocycles. The Morgan fingerprint density at radius 1 is 1.04 bits per heavy atom. The summed E-state index contributed by atoms with van der Waals surface area (Å²) >= 11 is 0. The Hall–Kier alpha value is -5.09. The van der Waals surface area contributed by atoms with Crippen molar-refractivity contribution in [2.45, 2.75) is 27.2 Å². The third kappa shape index (κ3) is 6.56. The number of hydrogen-bond acceptors (Lipinski definition) is 6. The van der Waals surface area contributed by atoms with Gasteiger partial charge in [-0.15, -0.1) is 0 Å². The molecule has 0 saturated carbocycles. The van der Waals surface area contributed by atoms with Gasteiger partial charge in [0.15, 0.2) is 0 Å². The van der Waals surface area contributed by atoms with Crippen LogP contribution in [-0.4, -0.2) is 63.2 Å². The Labute approximate surface area is 260 Å². The summed E-state index contributed by atoms with van der Waals surface area (Å²) in [6.45, 7) is 7.23. The number of nitrogens with zero attached hydrogens (tertiary/aromatic N) is 4. The average molecular weight is 606 g/mol. The van der Waals surface area contributed by atoms with Gasteiger partial charge in [-0.2, -0.15) is 5.10 Å². The lowest BCUT2D eigenvalue weighted by Gasteiger charge is -2.13. The zero-order valence-corrected chi connectivity index (χ0v) is 26.0. The summed E-state index contributed by atoms with van der Waals surface area (Å²) in [6.07, 6.45) is 3.79. The molecule has 230 valence electrons. The van der Waals surface area contributed by atoms with Crippen molar-refractivity contribution in [1.29, 1.82) is 0 Å². The highest BCUT2D eigenvalue weighted by Crippen LogP contribution is 2.37. The van der Waals surface area contributed by atoms with E-state index in [1.54, 1.807) is 12.4 Å². The standard InChI is InChI=1S/C35H36FN7O2/c1-20(2)12-32(44)38-25-14-23(18-37-19-25)29-8-9-30-34(39-29)35(42-41-30)31-17-28-27(7-6-21(3)33(28)40-31)22-13-24(36)16-26(15-22)45-11-10-43(4)5/h6-9,13-20,40H,10-12H2,1-5H3,(H,38,44)(H,41,42). The molecular formula is C35H36FN7O2. The van der Waals surface area contributed by atoms with Crippen LogP contribution >= 0.6 is 0 Å². The van der Waals surface area contributed by atoms with Gasteiger partial charge in [-0.05, 0) is 80.0 Å². The topological polar surface area (TPSA) is 112 Å². The molecule has 10 heteroatoms. The summed E-state index contributed by atoms with van der Waals surface area (Å²) in [6, 6.07) is 16.6. The third-order valence-corrected chi connectivity index (χ3v) is 7.57. The maximum absolute atomic E-state index is 14.8. The van der Waals surface area contributed by atoms with Crippen LogP contribution in [0.1, 0.15) is 25.8 Å². The number of aromatic nitrogens is 5. The SMILES string of the molecule is Cc1ccc(-c2cc(F)cc(OCCN(C)C)c2)c2cc(-c3n[nH]c4ccc(-c5cncc(NC(=O)CC(C)C)c5)nc34)[nH]c12. The van der Waals surface area contributed by atoms with Gasteiger partial charge < -0.3 is 19.9 Å². The van der Waals surface area contributed by atoms with E-state index >= 15 is 0 Å². The predicted molar refractivity (Wildman–Crippen MR) is 177 cm³/mol. The van der Waals surface area contributed by atoms with E-state index < -0.39 is 0 Å². The average Bonchev–Trinajstić information content (AvgIpc) is 3.61. The van der Waals surface area contributed by atoms with E-state index in [1.165, 1.54) is 12.1 Å². The van der Waals surface area contributed by atoms with E-state index in [9.17, 15) is 9.18 Å². The number of rotatable bonds is 10. The first-order chi connectivity index (χ1) is 21.6. The first-order valence-corrected chi connectivity index (χ1v) is 15.0. The summed E-state index contributed by atoms with van der Waals surface area (Å²) in [5, 5.41) is 11.6. The number of amides is 1. The molecule has 1 amide bonds. The second-order valence-electron chi connectivity index (χ2n) is 12.0. The Morgan fingerprint density at radius 2 is 1.89 bits per heavy atom. The number of ether oxygens (including phenoxy) is 1. The zero-order valence-electron chi connectivity index (χ0n) is 26.0. The molecule has 0 unspecified atom stereocenters. The molecule has 0 atom stereocenters. The number of hydrogen-bond donors (Lipinski definition) is 3. The molecule has 6 aromatic rings. The molecule has 2 aromatic carbocycles. The molecule has 9 nitrogen and oxygen atoms in total. The number of anilines is 1. The maximum Gasteiger partial charge on any atom is 0.224 e. The number of nitrogens with one attached hydrogen (secondary N) is 3. The molecule has 0 spiro atoms. The van der Waals surface area contributed by atoms with Crippen LogP contribution in [0.25, 0.3) is 55.7 Å². The maximum atomic E-state index is 14.8. The highest BCUT2D eigenvalue weighted by molar-refractivity contribution is 6.02. The van der Waals surface area contributed by atoms with Gasteiger partial charge in [0, 0.05) is 41.7 Å². The van der Waals surface area contributed by atoms with Crippen molar-refractivity contribution in [3.63, 3.8) is 0 Å². The van der Waals surface area contributed by atoms with Crippen molar-refractivity contribution < 1.29 is 13.9 Å². The highest BCUT2D eigenvalue weighted by atomic mass is 19.1. The van der Waals surface area contributed by atoms with Crippen LogP contribution in [0.4, 0.5) is 10.1 Å². The van der Waals surface area contributed by atoms with Gasteiger partial charge >= 0.3 is 0 Å². The van der Waals surface area contributed by atoms with Crippen molar-refractivity contribution >= 4 is 33.5 Å². The van der Waals surface area contributed by atoms with Crippen LogP contribution in [0.3, 0.4) is 0 Å². The zero-order chi connectivity index (χ0) is 31.7. The van der Waals surface area contributed by atoms with E-state index in [0.717, 1.165) is 50.9 Å². The van der Waals surface area contributed by atoms with Crippen molar-refractivity contribution in [1.82, 2.24) is 30.0 Å². The van der Waals surface area contributed by atoms with E-state index in [1.807, 2.05) is 82.2 Å². The molecule has 0 radical (unpaired) electrons. The smallest absolute Gasteiger partial charge is 0.224 e. The van der Waals surface area contributed by atoms with Crippen LogP contribution in [0.15, 0.2) is 67.0 Å². The van der Waals surface area contributed by atoms with E-state index in [0.29, 0.717) is 41.4 Å². The van der Waals surface area contributed by atoms with Gasteiger partial charge in [-0.25, -0.2) is 9.37 Å². The van der Waals surface area contributed by atoms with Gasteiger partial charge in [-0.1, -0.05) is 26.0 Å². The summed E-state index contributed by atoms with van der Waals surface area (Å²) < 4.78 is 20.6. The van der Waals surface area contributed by atoms with Crippen LogP contribution in [0, 0.1) is 18.7 Å². The molecule has 0 aliphatic heterocycles. The lowest BCUT2D eigenvalue weighted by atomic mass is 9.99. The number of H-pyrrole nitrogens is 2. The fraction of sp³-hybridized carbons (Fsp3) is 0.257. The van der Waals surface area contributed by atoms with Crippen molar-refractivity contribution in [2.24, 2.45) is 5.92 Å². The Balaban J connectivity index is 1.36. The van der Waals surface area contributed by atoms with E-state index in [2.05, 4.69) is 25.5 Å². The fourth-order valence-corrected chi connectivity index (χ4v) is 5.37. The van der Waals surface area contributed by atoms with Gasteiger partial charge in [0.25, 0.3) is 0 Å². The molecule has 45 heavy (non-hydrogen) atoms. The molecule has 4 heterocycles. The number of fused-ring (bicyclic) bond motifs is 2. The second kappa shape index (κ2) is 12.5. The number of carbonyl (C=O) groups excluding carboxylic acids is 1. The lowest BCUT2D eigenvalue weighted by Crippen LogP contribution is -2.19. The summed E-state index contributed by atoms with van der Waals surface area (Å²) in [5.74, 6) is 0.339. The molecule has 3 N–H and O–H groups in total. The Bertz CT molecular complexity index is 2010. The third-order valence-electron chi connectivity index (χ3n) is 7.57. The number of aromatic amines is 2. The van der Waals surface area contributed by atoms with Gasteiger partial charge in [0.05, 0.1) is 28.8 Å². The molecule has 0 aliphatic carbocycles. The molecular weight excluding hydrogens is 569 g/mol. The van der Waals surface area contributed by atoms with Crippen LogP contribution in [-0.2, 0) is 4.79 Å². The number of halogens is 1. The Kier molecular flexibility index (Phi) is 8.32. The van der Waals surface area contributed by atoms with E-state index in [4.69, 9.17) is 9.72 Å². The number of benzene rings is 2. The highest BCUT2D eigenvalue weighted by Gasteiger charge is 2.18. The van der Waals surface area contributed by atoms with Crippen LogP contribution in [0.5, 0.6) is 5.75 Å². The largest absolute Gasteiger partial charge is 0.492 e. The van der Waals surface area contributed by atoms with E-state index in [-0.39, 0.29) is 17.6 Å². The van der Waals surface area contributed by atoms with Crippen LogP contribution in [0.2, 0.25) is 0 Å². The van der Waals surface area contributed by atoms with Crippen molar-refractivity contribution in [2.75, 3.05) is 32.6 Å². The molecule has 6 rings (SSSR count). The summed E-state index contributed by atoms with van der Waals surface area (Å²) in [7, 11) is 3.94. The van der Waals surface area contributed by atoms with Gasteiger partial charge in [0.1, 0.15) is 29.4 Å². The summed E-state index contributed by atoms with van der Waals surface area (Å²) in [4.78, 5) is 27.2. The minimum absolute atomic E-state index is 0.0516. The molecule has 0 bridgehead atoms. The first kappa shape index (κ1) is 30.0. The fourth-order valence-electron chi connectivity index (χ4n) is 5.37. The number of pyridine rings is 2. The molecule has 0 saturated heterocycles. The monoisotopic (exact) mass is 605 g/mol. The minimum Gasteiger partial charge on any atom is -0.492 e. The lowest BCUT2D eigenvalue weighted by molar-refractivity contribution is -0.116. The number of likely N-dealkylation sites (N-methyl/N-ethyl adjacent to an activating group) is 1. The van der Waals surface area contributed by atoms with Gasteiger partial charge in [0.2, 0.25) is 5.91 Å². The normalized spacial score (nSPS) is 11.6. The van der Waals surface area contributed by atoms with Crippen molar-refractivity contribution in [3.8, 4) is 39.5 Å². The first-order valence-electron chi connectivity index (χ1n) is 15.0. The minimum atomic E-state index is -0.357. The number of aryl methyl sites for hydroxylation is 1. The quantitative estimate of drug-likeness (QED) is 0.152. The second-order valence-corrected chi connectivity index (χ2v) is 12.0. The molecule has 0 aliphatic rings.